The maximum atomic E-state index is 14.0. The summed E-state index contributed by atoms with van der Waals surface area (Å²) in [6.45, 7) is 10.4. The Bertz CT molecular complexity index is 772. The molecular formula is C20H33FN4O2S. The van der Waals surface area contributed by atoms with Crippen LogP contribution in [0.25, 0.3) is 0 Å². The number of rotatable bonds is 7. The van der Waals surface area contributed by atoms with Gasteiger partial charge in [0, 0.05) is 45.5 Å². The normalized spacial score (nSPS) is 16.4. The van der Waals surface area contributed by atoms with E-state index in [0.717, 1.165) is 38.7 Å². The summed E-state index contributed by atoms with van der Waals surface area (Å²) in [7, 11) is -2.97. The summed E-state index contributed by atoms with van der Waals surface area (Å²) < 4.78 is 36.9. The van der Waals surface area contributed by atoms with Gasteiger partial charge in [-0.15, -0.1) is 0 Å². The fourth-order valence-corrected chi connectivity index (χ4v) is 4.05. The Labute approximate surface area is 168 Å². The molecule has 6 nitrogen and oxygen atoms in total. The monoisotopic (exact) mass is 412 g/mol. The van der Waals surface area contributed by atoms with Gasteiger partial charge in [-0.05, 0) is 30.9 Å². The molecule has 158 valence electrons. The second-order valence-corrected chi connectivity index (χ2v) is 10.4. The SMILES string of the molecule is CCNC(=NCC(C)(C)CCS(C)(=O)=O)N1CCN(c2ccccc2F)CC1. The van der Waals surface area contributed by atoms with E-state index in [1.54, 1.807) is 6.07 Å². The van der Waals surface area contributed by atoms with Crippen LogP contribution in [0.3, 0.4) is 0 Å². The summed E-state index contributed by atoms with van der Waals surface area (Å²) in [6, 6.07) is 6.87. The van der Waals surface area contributed by atoms with Crippen molar-refractivity contribution in [3.05, 3.63) is 30.1 Å². The van der Waals surface area contributed by atoms with Gasteiger partial charge in [0.1, 0.15) is 15.7 Å². The zero-order valence-electron chi connectivity index (χ0n) is 17.4. The van der Waals surface area contributed by atoms with Crippen molar-refractivity contribution in [3.63, 3.8) is 0 Å². The number of nitrogens with one attached hydrogen (secondary N) is 1. The first-order valence-corrected chi connectivity index (χ1v) is 11.9. The van der Waals surface area contributed by atoms with Gasteiger partial charge in [0.2, 0.25) is 0 Å². The molecule has 1 aromatic rings. The molecule has 1 aromatic carbocycles. The number of para-hydroxylation sites is 1. The van der Waals surface area contributed by atoms with E-state index in [4.69, 9.17) is 4.99 Å². The van der Waals surface area contributed by atoms with Crippen molar-refractivity contribution in [2.45, 2.75) is 27.2 Å². The molecule has 0 amide bonds. The van der Waals surface area contributed by atoms with Crippen LogP contribution in [0.5, 0.6) is 0 Å². The average Bonchev–Trinajstić information content (AvgIpc) is 2.64. The zero-order chi connectivity index (χ0) is 20.8. The van der Waals surface area contributed by atoms with E-state index in [-0.39, 0.29) is 17.0 Å². The van der Waals surface area contributed by atoms with Crippen molar-refractivity contribution >= 4 is 21.5 Å². The Morgan fingerprint density at radius 2 is 1.86 bits per heavy atom. The van der Waals surface area contributed by atoms with Gasteiger partial charge in [0.15, 0.2) is 5.96 Å². The molecule has 1 heterocycles. The molecule has 1 saturated heterocycles. The second kappa shape index (κ2) is 9.58. The Morgan fingerprint density at radius 3 is 2.43 bits per heavy atom. The lowest BCUT2D eigenvalue weighted by Gasteiger charge is -2.38. The third-order valence-corrected chi connectivity index (χ3v) is 5.86. The number of benzene rings is 1. The summed E-state index contributed by atoms with van der Waals surface area (Å²) in [6.07, 6.45) is 1.85. The van der Waals surface area contributed by atoms with Crippen molar-refractivity contribution in [1.82, 2.24) is 10.2 Å². The van der Waals surface area contributed by atoms with E-state index in [9.17, 15) is 12.8 Å². The van der Waals surface area contributed by atoms with Crippen molar-refractivity contribution in [2.75, 3.05) is 56.2 Å². The van der Waals surface area contributed by atoms with Gasteiger partial charge in [-0.1, -0.05) is 26.0 Å². The van der Waals surface area contributed by atoms with Gasteiger partial charge in [-0.3, -0.25) is 4.99 Å². The molecule has 0 atom stereocenters. The predicted octanol–water partition coefficient (Wildman–Crippen LogP) is 2.37. The molecule has 1 aliphatic heterocycles. The summed E-state index contributed by atoms with van der Waals surface area (Å²) in [5, 5.41) is 3.33. The number of nitrogens with zero attached hydrogens (tertiary/aromatic N) is 3. The summed E-state index contributed by atoms with van der Waals surface area (Å²) in [5.74, 6) is 0.820. The van der Waals surface area contributed by atoms with Gasteiger partial charge in [-0.25, -0.2) is 12.8 Å². The molecule has 0 unspecified atom stereocenters. The number of hydrogen-bond donors (Lipinski definition) is 1. The molecule has 1 fully saturated rings. The standard InChI is InChI=1S/C20H33FN4O2S/c1-5-22-19(23-16-20(2,3)10-15-28(4,26)27)25-13-11-24(12-14-25)18-9-7-6-8-17(18)21/h6-9H,5,10-16H2,1-4H3,(H,22,23). The quantitative estimate of drug-likeness (QED) is 0.550. The number of halogens is 1. The van der Waals surface area contributed by atoms with Crippen LogP contribution in [0.4, 0.5) is 10.1 Å². The minimum atomic E-state index is -2.97. The number of piperazine rings is 1. The molecule has 28 heavy (non-hydrogen) atoms. The van der Waals surface area contributed by atoms with Gasteiger partial charge in [0.25, 0.3) is 0 Å². The van der Waals surface area contributed by atoms with Gasteiger partial charge < -0.3 is 15.1 Å². The number of aliphatic imine (C=N–C) groups is 1. The van der Waals surface area contributed by atoms with Crippen LogP contribution in [-0.2, 0) is 9.84 Å². The van der Waals surface area contributed by atoms with E-state index in [1.165, 1.54) is 12.3 Å². The number of anilines is 1. The molecule has 0 saturated carbocycles. The molecular weight excluding hydrogens is 379 g/mol. The van der Waals surface area contributed by atoms with Gasteiger partial charge in [0.05, 0.1) is 11.4 Å². The lowest BCUT2D eigenvalue weighted by molar-refractivity contribution is 0.347. The van der Waals surface area contributed by atoms with Crippen LogP contribution in [0.2, 0.25) is 0 Å². The van der Waals surface area contributed by atoms with Crippen LogP contribution in [0.15, 0.2) is 29.3 Å². The Morgan fingerprint density at radius 1 is 1.21 bits per heavy atom. The molecule has 0 spiro atoms. The predicted molar refractivity (Wildman–Crippen MR) is 114 cm³/mol. The largest absolute Gasteiger partial charge is 0.366 e. The highest BCUT2D eigenvalue weighted by Crippen LogP contribution is 2.22. The first kappa shape index (κ1) is 22.5. The number of guanidine groups is 1. The summed E-state index contributed by atoms with van der Waals surface area (Å²) in [5.41, 5.74) is 0.449. The van der Waals surface area contributed by atoms with E-state index in [2.05, 4.69) is 15.1 Å². The van der Waals surface area contributed by atoms with Crippen molar-refractivity contribution in [2.24, 2.45) is 10.4 Å². The van der Waals surface area contributed by atoms with Crippen LogP contribution in [0.1, 0.15) is 27.2 Å². The van der Waals surface area contributed by atoms with Crippen molar-refractivity contribution in [1.29, 1.82) is 0 Å². The fourth-order valence-electron chi connectivity index (χ4n) is 3.12. The molecule has 1 aliphatic rings. The third kappa shape index (κ3) is 6.96. The van der Waals surface area contributed by atoms with Gasteiger partial charge >= 0.3 is 0 Å². The molecule has 8 heteroatoms. The van der Waals surface area contributed by atoms with Crippen LogP contribution in [0, 0.1) is 11.2 Å². The average molecular weight is 413 g/mol. The molecule has 0 aromatic heterocycles. The van der Waals surface area contributed by atoms with Crippen LogP contribution in [-0.4, -0.2) is 70.6 Å². The van der Waals surface area contributed by atoms with E-state index >= 15 is 0 Å². The minimum absolute atomic E-state index is 0.174. The third-order valence-electron chi connectivity index (χ3n) is 4.91. The maximum absolute atomic E-state index is 14.0. The topological polar surface area (TPSA) is 65.0 Å². The molecule has 0 bridgehead atoms. The zero-order valence-corrected chi connectivity index (χ0v) is 18.2. The Balaban J connectivity index is 1.98. The minimum Gasteiger partial charge on any atom is -0.366 e. The highest BCUT2D eigenvalue weighted by molar-refractivity contribution is 7.90. The van der Waals surface area contributed by atoms with Crippen molar-refractivity contribution < 1.29 is 12.8 Å². The number of sulfone groups is 1. The van der Waals surface area contributed by atoms with E-state index < -0.39 is 9.84 Å². The first-order chi connectivity index (χ1) is 13.1. The van der Waals surface area contributed by atoms with Gasteiger partial charge in [-0.2, -0.15) is 0 Å². The molecule has 0 aliphatic carbocycles. The Hall–Kier alpha value is -1.83. The van der Waals surface area contributed by atoms with E-state index in [1.807, 2.05) is 32.9 Å². The highest BCUT2D eigenvalue weighted by atomic mass is 32.2. The Kier molecular flexibility index (Phi) is 7.69. The smallest absolute Gasteiger partial charge is 0.194 e. The summed E-state index contributed by atoms with van der Waals surface area (Å²) >= 11 is 0. The lowest BCUT2D eigenvalue weighted by atomic mass is 9.90. The van der Waals surface area contributed by atoms with Crippen LogP contribution >= 0.6 is 0 Å². The second-order valence-electron chi connectivity index (χ2n) is 8.14. The first-order valence-electron chi connectivity index (χ1n) is 9.82. The van der Waals surface area contributed by atoms with Crippen LogP contribution < -0.4 is 10.2 Å². The summed E-state index contributed by atoms with van der Waals surface area (Å²) in [4.78, 5) is 9.02. The van der Waals surface area contributed by atoms with Crippen molar-refractivity contribution in [3.8, 4) is 0 Å². The molecule has 2 rings (SSSR count). The maximum Gasteiger partial charge on any atom is 0.194 e. The molecule has 1 N–H and O–H groups in total. The molecule has 0 radical (unpaired) electrons. The van der Waals surface area contributed by atoms with E-state index in [0.29, 0.717) is 18.7 Å². The number of hydrogen-bond acceptors (Lipinski definition) is 4. The lowest BCUT2D eigenvalue weighted by Crippen LogP contribution is -2.53. The fraction of sp³-hybridized carbons (Fsp3) is 0.650. The highest BCUT2D eigenvalue weighted by Gasteiger charge is 2.24.